The van der Waals surface area contributed by atoms with Gasteiger partial charge in [0.05, 0.1) is 33.2 Å². The first-order valence-electron chi connectivity index (χ1n) is 28.5. The highest BCUT2D eigenvalue weighted by Crippen LogP contribution is 2.40. The first kappa shape index (κ1) is 63.1. The van der Waals surface area contributed by atoms with Crippen LogP contribution in [0.4, 0.5) is 0 Å². The maximum absolute atomic E-state index is 14.4. The van der Waals surface area contributed by atoms with Crippen molar-refractivity contribution in [1.82, 2.24) is 41.0 Å². The van der Waals surface area contributed by atoms with E-state index in [2.05, 4.69) is 31.2 Å². The number of amides is 7. The van der Waals surface area contributed by atoms with E-state index in [1.807, 2.05) is 77.4 Å². The van der Waals surface area contributed by atoms with Gasteiger partial charge in [-0.25, -0.2) is 4.98 Å². The summed E-state index contributed by atoms with van der Waals surface area (Å²) in [6.07, 6.45) is 4.57. The number of H-pyrrole nitrogens is 1. The quantitative estimate of drug-likeness (QED) is 0.0314. The summed E-state index contributed by atoms with van der Waals surface area (Å²) in [5, 5.41) is 12.6. The van der Waals surface area contributed by atoms with Crippen LogP contribution in [-0.4, -0.2) is 126 Å². The molecule has 0 radical (unpaired) electrons. The first-order valence-corrected chi connectivity index (χ1v) is 31.4. The van der Waals surface area contributed by atoms with Gasteiger partial charge >= 0.3 is 7.60 Å². The van der Waals surface area contributed by atoms with Crippen LogP contribution >= 0.6 is 30.5 Å². The number of aryl methyl sites for hydroxylation is 2. The third kappa shape index (κ3) is 15.3. The molecule has 0 bridgehead atoms. The second-order valence-corrected chi connectivity index (χ2v) is 26.3. The number of hydrogen-bond acceptors (Lipinski definition) is 12. The molecule has 0 spiro atoms. The number of benzene rings is 3. The number of carbonyl (C=O) groups is 8. The molecular weight excluding hydrogens is 1140 g/mol. The lowest BCUT2D eigenvalue weighted by Gasteiger charge is -2.35. The van der Waals surface area contributed by atoms with E-state index in [4.69, 9.17) is 22.1 Å². The van der Waals surface area contributed by atoms with Crippen LogP contribution in [0.1, 0.15) is 149 Å². The molecular formula is C60H75ClN9O12PS. The molecule has 3 fully saturated rings. The zero-order chi connectivity index (χ0) is 60.8. The van der Waals surface area contributed by atoms with Crippen LogP contribution in [0, 0.1) is 18.3 Å². The van der Waals surface area contributed by atoms with Crippen molar-refractivity contribution in [2.45, 2.75) is 161 Å². The minimum Gasteiger partial charge on any atom is -0.490 e. The molecule has 0 aliphatic carbocycles. The van der Waals surface area contributed by atoms with Gasteiger partial charge < -0.3 is 56.3 Å². The molecule has 2 aromatic heterocycles. The minimum absolute atomic E-state index is 0.0523. The number of thiazole rings is 1. The van der Waals surface area contributed by atoms with Gasteiger partial charge in [-0.15, -0.1) is 11.3 Å². The molecule has 0 unspecified atom stereocenters. The molecule has 21 nitrogen and oxygen atoms in total. The van der Waals surface area contributed by atoms with E-state index in [-0.39, 0.29) is 77.9 Å². The van der Waals surface area contributed by atoms with Gasteiger partial charge in [-0.3, -0.25) is 42.9 Å². The Morgan fingerprint density at radius 2 is 1.65 bits per heavy atom. The Bertz CT molecular complexity index is 3340. The van der Waals surface area contributed by atoms with Crippen molar-refractivity contribution in [2.75, 3.05) is 13.2 Å². The Morgan fingerprint density at radius 3 is 2.35 bits per heavy atom. The zero-order valence-electron chi connectivity index (χ0n) is 48.1. The van der Waals surface area contributed by atoms with Crippen molar-refractivity contribution < 1.29 is 57.4 Å². The Morgan fingerprint density at radius 1 is 0.929 bits per heavy atom. The number of nitrogens with two attached hydrogens (primary N) is 1. The van der Waals surface area contributed by atoms with Crippen LogP contribution in [0.2, 0.25) is 5.02 Å². The van der Waals surface area contributed by atoms with Crippen LogP contribution in [0.25, 0.3) is 21.3 Å². The van der Waals surface area contributed by atoms with E-state index in [1.165, 1.54) is 24.3 Å². The number of hydrogen-bond donors (Lipinski definition) is 8. The van der Waals surface area contributed by atoms with Gasteiger partial charge in [-0.1, -0.05) is 88.5 Å². The smallest absolute Gasteiger partial charge is 0.396 e. The van der Waals surface area contributed by atoms with Crippen molar-refractivity contribution >= 4 is 88.3 Å². The number of nitrogens with one attached hydrogen (secondary N) is 5. The summed E-state index contributed by atoms with van der Waals surface area (Å²) < 4.78 is 17.8. The minimum atomic E-state index is -5.05. The third-order valence-corrected chi connectivity index (χ3v) is 18.2. The van der Waals surface area contributed by atoms with Crippen molar-refractivity contribution in [3.63, 3.8) is 0 Å². The summed E-state index contributed by atoms with van der Waals surface area (Å²) in [7, 11) is -5.05. The lowest BCUT2D eigenvalue weighted by atomic mass is 9.85. The Hall–Kier alpha value is -6.97. The molecule has 7 amide bonds. The van der Waals surface area contributed by atoms with Gasteiger partial charge in [0.1, 0.15) is 42.2 Å². The molecule has 3 aromatic carbocycles. The molecule has 3 saturated heterocycles. The lowest BCUT2D eigenvalue weighted by molar-refractivity contribution is -0.144. The lowest BCUT2D eigenvalue weighted by Crippen LogP contribution is -2.57. The average Bonchev–Trinajstić information content (AvgIpc) is 3.34. The number of aromatic nitrogens is 2. The molecule has 24 heteroatoms. The number of carbonyl (C=O) groups excluding carboxylic acids is 8. The van der Waals surface area contributed by atoms with Crippen LogP contribution in [0.5, 0.6) is 5.75 Å². The van der Waals surface area contributed by atoms with E-state index in [9.17, 15) is 52.7 Å². The molecule has 5 aromatic rings. The first-order chi connectivity index (χ1) is 39.8. The molecule has 84 heavy (non-hydrogen) atoms. The number of ether oxygens (including phenoxy) is 1. The normalized spacial score (nSPS) is 20.2. The van der Waals surface area contributed by atoms with Gasteiger partial charge in [0.2, 0.25) is 35.4 Å². The van der Waals surface area contributed by atoms with Gasteiger partial charge in [0, 0.05) is 41.9 Å². The summed E-state index contributed by atoms with van der Waals surface area (Å²) in [5.74, 6) is -2.67. The molecule has 8 rings (SSSR count). The predicted molar refractivity (Wildman–Crippen MR) is 318 cm³/mol. The summed E-state index contributed by atoms with van der Waals surface area (Å²) in [5.41, 5.74) is 9.19. The number of rotatable bonds is 22. The maximum Gasteiger partial charge on any atom is 0.396 e. The number of aromatic amines is 1. The van der Waals surface area contributed by atoms with Crippen LogP contribution in [0.3, 0.4) is 0 Å². The van der Waals surface area contributed by atoms with Gasteiger partial charge in [-0.05, 0) is 124 Å². The summed E-state index contributed by atoms with van der Waals surface area (Å²) in [4.78, 5) is 139. The number of fused-ring (bicyclic) bond motifs is 2. The maximum atomic E-state index is 14.4. The average molecular weight is 1210 g/mol. The molecule has 0 saturated carbocycles. The Balaban J connectivity index is 0.851. The second-order valence-electron chi connectivity index (χ2n) is 23.6. The SMILES string of the molecule is Cc1ncsc1-c1ccc([C@H](C)NC(=O)[C@@H]2C[C@@H](C)CN2C(=O)[C@@H](NC(=O)CCCc2cccc(OC[C@H](CCC(N)=O)NC(=O)[C@@H]3CC[C@@H]4CCCC[C@H](NC(=O)c5cc6cc(C(=O)P(=O)(O)O)ccc6[nH]5)C(=O)N43)c2Cl)C(C)(C)C)cc1. The van der Waals surface area contributed by atoms with E-state index in [0.29, 0.717) is 80.1 Å². The summed E-state index contributed by atoms with van der Waals surface area (Å²) in [6.45, 7) is 11.8. The Kier molecular flexibility index (Phi) is 20.2. The topological polar surface area (TPSA) is 313 Å². The predicted octanol–water partition coefficient (Wildman–Crippen LogP) is 7.40. The fourth-order valence-electron chi connectivity index (χ4n) is 11.5. The van der Waals surface area contributed by atoms with E-state index >= 15 is 0 Å². The molecule has 450 valence electrons. The molecule has 3 aliphatic rings. The highest BCUT2D eigenvalue weighted by atomic mass is 35.5. The second kappa shape index (κ2) is 26.9. The van der Waals surface area contributed by atoms with Crippen molar-refractivity contribution in [3.8, 4) is 16.2 Å². The fourth-order valence-corrected chi connectivity index (χ4v) is 13.1. The summed E-state index contributed by atoms with van der Waals surface area (Å²) in [6, 6.07) is 13.7. The highest BCUT2D eigenvalue weighted by Gasteiger charge is 2.46. The number of primary amides is 1. The Labute approximate surface area is 497 Å². The van der Waals surface area contributed by atoms with Crippen molar-refractivity contribution in [1.29, 1.82) is 0 Å². The summed E-state index contributed by atoms with van der Waals surface area (Å²) >= 11 is 8.50. The number of nitrogens with zero attached hydrogens (tertiary/aromatic N) is 3. The number of likely N-dealkylation sites (tertiary alicyclic amines) is 1. The number of halogens is 1. The molecule has 9 N–H and O–H groups in total. The van der Waals surface area contributed by atoms with Gasteiger partial charge in [0.25, 0.3) is 11.4 Å². The monoisotopic (exact) mass is 1210 g/mol. The largest absolute Gasteiger partial charge is 0.490 e. The standard InChI is InChI=1S/C60H75ClN9O12PS/c1-33-27-47(56(75)64-34(2)36-17-19-38(20-18-36)52-35(3)63-32-84-52)69(30-33)58(77)53(60(4,5)6)68-50(72)16-10-12-37-11-9-15-48(51(37)61)82-31-41(22-26-49(62)71)65-55(74)46-25-23-42-13-7-8-14-44(57(76)70(42)46)67-54(73)45-29-40-28-39(21-24-43(40)66-45)59(78)83(79,80)81/h9,11,15,17-21,24,28-29,32-34,41-42,44,46-47,53,66H,7-8,10,12-14,16,22-23,25-27,30-31H2,1-6H3,(H2,62,71)(H,64,75)(H,65,74)(H,67,73)(H,68,72)(H2,79,80,81)/t33-,34+,41+,42+,44+,46+,47+,53-/m1/s1. The van der Waals surface area contributed by atoms with Crippen LogP contribution < -0.4 is 31.7 Å². The van der Waals surface area contributed by atoms with Crippen molar-refractivity contribution in [2.24, 2.45) is 17.1 Å². The molecule has 5 heterocycles. The van der Waals surface area contributed by atoms with Gasteiger partial charge in [0.15, 0.2) is 0 Å². The van der Waals surface area contributed by atoms with Crippen LogP contribution in [0.15, 0.2) is 72.2 Å². The van der Waals surface area contributed by atoms with E-state index in [0.717, 1.165) is 28.1 Å². The highest BCUT2D eigenvalue weighted by molar-refractivity contribution is 7.70. The third-order valence-electron chi connectivity index (χ3n) is 16.0. The zero-order valence-corrected chi connectivity index (χ0v) is 50.5. The fraction of sp³-hybridized carbons (Fsp3) is 0.483. The van der Waals surface area contributed by atoms with Crippen molar-refractivity contribution in [3.05, 3.63) is 105 Å². The van der Waals surface area contributed by atoms with Gasteiger partial charge in [-0.2, -0.15) is 0 Å². The molecule has 8 atom stereocenters. The van der Waals surface area contributed by atoms with E-state index < -0.39 is 72.4 Å². The molecule has 3 aliphatic heterocycles. The van der Waals surface area contributed by atoms with Crippen LogP contribution in [-0.2, 0) is 39.8 Å². The van der Waals surface area contributed by atoms with E-state index in [1.54, 1.807) is 33.3 Å².